The molecule has 20 heavy (non-hydrogen) atoms. The number of carbonyl (C=O) groups excluding carboxylic acids is 1. The summed E-state index contributed by atoms with van der Waals surface area (Å²) in [6, 6.07) is 5.95. The quantitative estimate of drug-likeness (QED) is 0.713. The fraction of sp³-hybridized carbons (Fsp3) is 0.462. The number of aliphatic hydroxyl groups is 1. The van der Waals surface area contributed by atoms with E-state index in [-0.39, 0.29) is 23.8 Å². The van der Waals surface area contributed by atoms with Gasteiger partial charge in [0.1, 0.15) is 0 Å². The predicted molar refractivity (Wildman–Crippen MR) is 73.6 cm³/mol. The van der Waals surface area contributed by atoms with Crippen LogP contribution in [-0.4, -0.2) is 39.3 Å². The summed E-state index contributed by atoms with van der Waals surface area (Å²) in [4.78, 5) is 11.2. The highest BCUT2D eigenvalue weighted by Crippen LogP contribution is 2.11. The summed E-state index contributed by atoms with van der Waals surface area (Å²) in [7, 11) is -2.35. The van der Waals surface area contributed by atoms with Gasteiger partial charge in [-0.15, -0.1) is 0 Å². The van der Waals surface area contributed by atoms with Crippen molar-refractivity contribution in [1.29, 1.82) is 0 Å². The summed E-state index contributed by atoms with van der Waals surface area (Å²) in [6.07, 6.45) is -0.136. The number of methoxy groups -OCH3 is 1. The first kappa shape index (κ1) is 16.6. The Morgan fingerprint density at radius 3 is 2.45 bits per heavy atom. The second-order valence-corrected chi connectivity index (χ2v) is 6.08. The van der Waals surface area contributed by atoms with Crippen LogP contribution >= 0.6 is 0 Å². The molecule has 112 valence electrons. The van der Waals surface area contributed by atoms with Crippen LogP contribution in [0.3, 0.4) is 0 Å². The summed E-state index contributed by atoms with van der Waals surface area (Å²) >= 11 is 0. The van der Waals surface area contributed by atoms with Crippen LogP contribution < -0.4 is 4.72 Å². The van der Waals surface area contributed by atoms with Crippen molar-refractivity contribution in [3.05, 3.63) is 29.8 Å². The molecule has 0 radical (unpaired) electrons. The lowest BCUT2D eigenvalue weighted by Gasteiger charge is -2.10. The van der Waals surface area contributed by atoms with Crippen molar-refractivity contribution in [2.24, 2.45) is 0 Å². The number of esters is 1. The Hall–Kier alpha value is -1.44. The van der Waals surface area contributed by atoms with Crippen LogP contribution in [-0.2, 0) is 26.0 Å². The van der Waals surface area contributed by atoms with Crippen LogP contribution in [0, 0.1) is 0 Å². The smallest absolute Gasteiger partial charge is 0.309 e. The lowest BCUT2D eigenvalue weighted by atomic mass is 10.2. The minimum absolute atomic E-state index is 0.0251. The zero-order valence-corrected chi connectivity index (χ0v) is 12.3. The molecular weight excluding hydrogens is 282 g/mol. The molecule has 2 N–H and O–H groups in total. The van der Waals surface area contributed by atoms with E-state index in [0.717, 1.165) is 0 Å². The van der Waals surface area contributed by atoms with E-state index in [1.165, 1.54) is 19.2 Å². The third-order valence-corrected chi connectivity index (χ3v) is 4.23. The molecule has 1 aromatic rings. The molecule has 0 amide bonds. The maximum atomic E-state index is 11.9. The van der Waals surface area contributed by atoms with Gasteiger partial charge in [-0.2, -0.15) is 0 Å². The fourth-order valence-electron chi connectivity index (χ4n) is 1.46. The normalized spacial score (nSPS) is 12.9. The number of hydrogen-bond donors (Lipinski definition) is 2. The van der Waals surface area contributed by atoms with E-state index in [1.54, 1.807) is 19.1 Å². The lowest BCUT2D eigenvalue weighted by Crippen LogP contribution is -2.31. The Bertz CT molecular complexity index is 538. The van der Waals surface area contributed by atoms with Gasteiger partial charge in [0.15, 0.2) is 0 Å². The third-order valence-electron chi connectivity index (χ3n) is 2.79. The first-order valence-electron chi connectivity index (χ1n) is 6.22. The zero-order chi connectivity index (χ0) is 15.2. The monoisotopic (exact) mass is 301 g/mol. The second-order valence-electron chi connectivity index (χ2n) is 4.31. The Morgan fingerprint density at radius 2 is 1.95 bits per heavy atom. The summed E-state index contributed by atoms with van der Waals surface area (Å²) in [5.41, 5.74) is 0.671. The van der Waals surface area contributed by atoms with Crippen molar-refractivity contribution in [2.45, 2.75) is 30.8 Å². The van der Waals surface area contributed by atoms with Crippen molar-refractivity contribution in [3.63, 3.8) is 0 Å². The number of hydrogen-bond acceptors (Lipinski definition) is 5. The molecule has 0 aliphatic carbocycles. The zero-order valence-electron chi connectivity index (χ0n) is 11.5. The van der Waals surface area contributed by atoms with Crippen molar-refractivity contribution >= 4 is 16.0 Å². The first-order chi connectivity index (χ1) is 9.39. The van der Waals surface area contributed by atoms with Gasteiger partial charge in [-0.1, -0.05) is 19.1 Å². The summed E-state index contributed by atoms with van der Waals surface area (Å²) in [6.45, 7) is 1.74. The maximum absolute atomic E-state index is 11.9. The van der Waals surface area contributed by atoms with Crippen LogP contribution in [0.15, 0.2) is 29.2 Å². The van der Waals surface area contributed by atoms with Gasteiger partial charge in [0, 0.05) is 6.54 Å². The van der Waals surface area contributed by atoms with Gasteiger partial charge in [-0.05, 0) is 24.1 Å². The van der Waals surface area contributed by atoms with Crippen LogP contribution in [0.2, 0.25) is 0 Å². The van der Waals surface area contributed by atoms with E-state index in [9.17, 15) is 18.3 Å². The standard InChI is InChI=1S/C13H19NO5S/c1-3-11(15)9-14-20(17,18)12-6-4-10(5-7-12)8-13(16)19-2/h4-7,11,14-15H,3,8-9H2,1-2H3. The molecule has 7 heteroatoms. The van der Waals surface area contributed by atoms with Gasteiger partial charge in [0.2, 0.25) is 10.0 Å². The van der Waals surface area contributed by atoms with Crippen LogP contribution in [0.4, 0.5) is 0 Å². The predicted octanol–water partition coefficient (Wildman–Crippen LogP) is 0.451. The Morgan fingerprint density at radius 1 is 1.35 bits per heavy atom. The number of nitrogens with one attached hydrogen (secondary N) is 1. The van der Waals surface area contributed by atoms with Crippen molar-refractivity contribution in [3.8, 4) is 0 Å². The number of sulfonamides is 1. The molecule has 1 unspecified atom stereocenters. The molecule has 0 saturated carbocycles. The number of benzene rings is 1. The average molecular weight is 301 g/mol. The Kier molecular flexibility index (Phi) is 6.12. The van der Waals surface area contributed by atoms with Crippen LogP contribution in [0.25, 0.3) is 0 Å². The number of aliphatic hydroxyl groups excluding tert-OH is 1. The highest BCUT2D eigenvalue weighted by atomic mass is 32.2. The molecular formula is C13H19NO5S. The summed E-state index contributed by atoms with van der Waals surface area (Å²) < 4.78 is 30.7. The van der Waals surface area contributed by atoms with E-state index >= 15 is 0 Å². The fourth-order valence-corrected chi connectivity index (χ4v) is 2.53. The molecule has 0 spiro atoms. The van der Waals surface area contributed by atoms with E-state index in [4.69, 9.17) is 0 Å². The number of rotatable bonds is 7. The molecule has 0 aliphatic heterocycles. The average Bonchev–Trinajstić information content (AvgIpc) is 2.45. The van der Waals surface area contributed by atoms with Crippen molar-refractivity contribution in [2.75, 3.05) is 13.7 Å². The molecule has 1 aromatic carbocycles. The van der Waals surface area contributed by atoms with Gasteiger partial charge >= 0.3 is 5.97 Å². The minimum Gasteiger partial charge on any atom is -0.469 e. The number of ether oxygens (including phenoxy) is 1. The third kappa shape index (κ3) is 4.92. The molecule has 1 atom stereocenters. The molecule has 0 fully saturated rings. The maximum Gasteiger partial charge on any atom is 0.309 e. The second kappa shape index (κ2) is 7.37. The van der Waals surface area contributed by atoms with Crippen molar-refractivity contribution in [1.82, 2.24) is 4.72 Å². The summed E-state index contributed by atoms with van der Waals surface area (Å²) in [5, 5.41) is 9.36. The molecule has 1 rings (SSSR count). The number of carbonyl (C=O) groups is 1. The topological polar surface area (TPSA) is 92.7 Å². The highest BCUT2D eigenvalue weighted by molar-refractivity contribution is 7.89. The Balaban J connectivity index is 2.74. The van der Waals surface area contributed by atoms with E-state index in [2.05, 4.69) is 9.46 Å². The molecule has 6 nitrogen and oxygen atoms in total. The lowest BCUT2D eigenvalue weighted by molar-refractivity contribution is -0.139. The molecule has 0 heterocycles. The minimum atomic E-state index is -3.64. The SMILES string of the molecule is CCC(O)CNS(=O)(=O)c1ccc(CC(=O)OC)cc1. The molecule has 0 bridgehead atoms. The molecule has 0 saturated heterocycles. The first-order valence-corrected chi connectivity index (χ1v) is 7.71. The van der Waals surface area contributed by atoms with Gasteiger partial charge in [0.25, 0.3) is 0 Å². The van der Waals surface area contributed by atoms with E-state index < -0.39 is 16.1 Å². The van der Waals surface area contributed by atoms with Crippen molar-refractivity contribution < 1.29 is 23.1 Å². The highest BCUT2D eigenvalue weighted by Gasteiger charge is 2.15. The summed E-state index contributed by atoms with van der Waals surface area (Å²) in [5.74, 6) is -0.384. The van der Waals surface area contributed by atoms with Gasteiger partial charge < -0.3 is 9.84 Å². The van der Waals surface area contributed by atoms with Gasteiger partial charge in [-0.3, -0.25) is 4.79 Å². The van der Waals surface area contributed by atoms with Crippen LogP contribution in [0.1, 0.15) is 18.9 Å². The van der Waals surface area contributed by atoms with Gasteiger partial charge in [0.05, 0.1) is 24.5 Å². The largest absolute Gasteiger partial charge is 0.469 e. The molecule has 0 aliphatic rings. The Labute approximate surface area is 118 Å². The van der Waals surface area contributed by atoms with E-state index in [0.29, 0.717) is 12.0 Å². The van der Waals surface area contributed by atoms with Crippen LogP contribution in [0.5, 0.6) is 0 Å². The van der Waals surface area contributed by atoms with E-state index in [1.807, 2.05) is 0 Å². The van der Waals surface area contributed by atoms with Gasteiger partial charge in [-0.25, -0.2) is 13.1 Å². The molecule has 0 aromatic heterocycles.